The largest absolute Gasteiger partial charge is 0.573 e. The zero-order chi connectivity index (χ0) is 17.0. The number of fused-ring (bicyclic) bond motifs is 1. The molecule has 1 heterocycles. The van der Waals surface area contributed by atoms with Crippen molar-refractivity contribution >= 4 is 38.5 Å². The highest BCUT2D eigenvalue weighted by atomic mass is 32.1. The van der Waals surface area contributed by atoms with Crippen LogP contribution in [0, 0.1) is 0 Å². The van der Waals surface area contributed by atoms with Crippen molar-refractivity contribution in [2.75, 3.05) is 18.4 Å². The molecule has 4 N–H and O–H groups in total. The Morgan fingerprint density at radius 3 is 2.70 bits per heavy atom. The number of halogens is 3. The fraction of sp³-hybridized carbons (Fsp3) is 0.250. The first-order valence-electron chi connectivity index (χ1n) is 6.20. The van der Waals surface area contributed by atoms with Gasteiger partial charge in [-0.1, -0.05) is 11.3 Å². The fourth-order valence-corrected chi connectivity index (χ4v) is 2.48. The van der Waals surface area contributed by atoms with Crippen LogP contribution in [-0.2, 0) is 9.59 Å². The minimum Gasteiger partial charge on any atom is -0.406 e. The molecule has 0 radical (unpaired) electrons. The highest BCUT2D eigenvalue weighted by Gasteiger charge is 2.31. The number of benzene rings is 1. The lowest BCUT2D eigenvalue weighted by Crippen LogP contribution is -2.36. The van der Waals surface area contributed by atoms with E-state index >= 15 is 0 Å². The summed E-state index contributed by atoms with van der Waals surface area (Å²) >= 11 is 0.978. The van der Waals surface area contributed by atoms with E-state index in [0.717, 1.165) is 17.4 Å². The standard InChI is InChI=1S/C12H11F3N4O3S/c13-12(14,15)22-6-1-2-7-8(3-6)23-11(18-7)19-10(21)5-17-9(20)4-16/h1-3H,4-5,16H2,(H,17,20)(H,18,19,21). The molecule has 1 aromatic heterocycles. The second-order valence-corrected chi connectivity index (χ2v) is 5.26. The molecule has 124 valence electrons. The monoisotopic (exact) mass is 348 g/mol. The number of anilines is 1. The number of amides is 2. The zero-order valence-corrected chi connectivity index (χ0v) is 12.3. The molecule has 23 heavy (non-hydrogen) atoms. The maximum Gasteiger partial charge on any atom is 0.573 e. The first-order valence-corrected chi connectivity index (χ1v) is 7.01. The molecule has 7 nitrogen and oxygen atoms in total. The van der Waals surface area contributed by atoms with Gasteiger partial charge in [0.25, 0.3) is 0 Å². The van der Waals surface area contributed by atoms with E-state index < -0.39 is 18.2 Å². The number of nitrogens with two attached hydrogens (primary N) is 1. The van der Waals surface area contributed by atoms with Crippen LogP contribution in [0.4, 0.5) is 18.3 Å². The summed E-state index contributed by atoms with van der Waals surface area (Å²) in [6.45, 7) is -0.523. The number of carbonyl (C=O) groups is 2. The van der Waals surface area contributed by atoms with Crippen LogP contribution in [0.3, 0.4) is 0 Å². The van der Waals surface area contributed by atoms with Crippen LogP contribution in [0.5, 0.6) is 5.75 Å². The number of ether oxygens (including phenoxy) is 1. The average molecular weight is 348 g/mol. The number of rotatable bonds is 5. The summed E-state index contributed by atoms with van der Waals surface area (Å²) < 4.78 is 40.7. The second kappa shape index (κ2) is 6.79. The molecule has 0 fully saturated rings. The average Bonchev–Trinajstić information content (AvgIpc) is 2.84. The van der Waals surface area contributed by atoms with Gasteiger partial charge in [0.15, 0.2) is 5.13 Å². The van der Waals surface area contributed by atoms with E-state index in [4.69, 9.17) is 5.73 Å². The fourth-order valence-electron chi connectivity index (χ4n) is 1.57. The van der Waals surface area contributed by atoms with Gasteiger partial charge < -0.3 is 21.1 Å². The van der Waals surface area contributed by atoms with E-state index in [0.29, 0.717) is 10.2 Å². The van der Waals surface area contributed by atoms with Gasteiger partial charge in [0, 0.05) is 6.07 Å². The Bertz CT molecular complexity index is 732. The number of thiazole rings is 1. The van der Waals surface area contributed by atoms with Gasteiger partial charge in [-0.3, -0.25) is 9.59 Å². The number of aromatic nitrogens is 1. The highest BCUT2D eigenvalue weighted by molar-refractivity contribution is 7.22. The number of alkyl halides is 3. The van der Waals surface area contributed by atoms with E-state index in [1.54, 1.807) is 0 Å². The Labute approximate surface area is 131 Å². The normalized spacial score (nSPS) is 11.3. The van der Waals surface area contributed by atoms with E-state index in [2.05, 4.69) is 20.4 Å². The van der Waals surface area contributed by atoms with E-state index in [1.807, 2.05) is 0 Å². The third-order valence-corrected chi connectivity index (χ3v) is 3.40. The predicted molar refractivity (Wildman–Crippen MR) is 77.0 cm³/mol. The summed E-state index contributed by atoms with van der Waals surface area (Å²) in [6, 6.07) is 3.65. The molecular weight excluding hydrogens is 337 g/mol. The lowest BCUT2D eigenvalue weighted by atomic mass is 10.3. The molecule has 0 aliphatic heterocycles. The van der Waals surface area contributed by atoms with Gasteiger partial charge in [0.2, 0.25) is 11.8 Å². The Hall–Kier alpha value is -2.40. The number of nitrogens with zero attached hydrogens (tertiary/aromatic N) is 1. The lowest BCUT2D eigenvalue weighted by Gasteiger charge is -2.07. The first-order chi connectivity index (χ1) is 10.8. The molecule has 0 saturated heterocycles. The molecule has 0 atom stereocenters. The van der Waals surface area contributed by atoms with Crippen LogP contribution in [0.1, 0.15) is 0 Å². The molecule has 0 bridgehead atoms. The summed E-state index contributed by atoms with van der Waals surface area (Å²) in [5.41, 5.74) is 5.48. The third-order valence-electron chi connectivity index (χ3n) is 2.47. The molecule has 11 heteroatoms. The summed E-state index contributed by atoms with van der Waals surface area (Å²) in [4.78, 5) is 26.6. The van der Waals surface area contributed by atoms with Crippen molar-refractivity contribution in [1.82, 2.24) is 10.3 Å². The van der Waals surface area contributed by atoms with E-state index in [1.165, 1.54) is 12.1 Å². The van der Waals surface area contributed by atoms with Crippen molar-refractivity contribution in [3.63, 3.8) is 0 Å². The zero-order valence-electron chi connectivity index (χ0n) is 11.4. The number of nitrogens with one attached hydrogen (secondary N) is 2. The number of carbonyl (C=O) groups excluding carboxylic acids is 2. The molecule has 0 unspecified atom stereocenters. The number of hydrogen-bond donors (Lipinski definition) is 3. The van der Waals surface area contributed by atoms with Crippen LogP contribution in [0.25, 0.3) is 10.2 Å². The Balaban J connectivity index is 2.05. The first kappa shape index (κ1) is 17.0. The molecule has 0 spiro atoms. The summed E-state index contributed by atoms with van der Waals surface area (Å²) in [5, 5.41) is 4.90. The Morgan fingerprint density at radius 2 is 2.04 bits per heavy atom. The molecular formula is C12H11F3N4O3S. The maximum atomic E-state index is 12.2. The van der Waals surface area contributed by atoms with Crippen LogP contribution >= 0.6 is 11.3 Å². The van der Waals surface area contributed by atoms with Gasteiger partial charge in [0.1, 0.15) is 5.75 Å². The van der Waals surface area contributed by atoms with Gasteiger partial charge in [-0.15, -0.1) is 13.2 Å². The highest BCUT2D eigenvalue weighted by Crippen LogP contribution is 2.31. The molecule has 1 aromatic carbocycles. The van der Waals surface area contributed by atoms with Crippen LogP contribution in [0.2, 0.25) is 0 Å². The molecule has 0 saturated carbocycles. The van der Waals surface area contributed by atoms with Crippen molar-refractivity contribution in [2.24, 2.45) is 5.73 Å². The van der Waals surface area contributed by atoms with Gasteiger partial charge in [-0.2, -0.15) is 0 Å². The Kier molecular flexibility index (Phi) is 5.01. The third kappa shape index (κ3) is 5.07. The van der Waals surface area contributed by atoms with Crippen LogP contribution in [-0.4, -0.2) is 36.3 Å². The van der Waals surface area contributed by atoms with Crippen molar-refractivity contribution in [3.05, 3.63) is 18.2 Å². The predicted octanol–water partition coefficient (Wildman–Crippen LogP) is 1.21. The van der Waals surface area contributed by atoms with Crippen LogP contribution < -0.4 is 21.1 Å². The minimum absolute atomic E-state index is 0.191. The SMILES string of the molecule is NCC(=O)NCC(=O)Nc1nc2ccc(OC(F)(F)F)cc2s1. The smallest absolute Gasteiger partial charge is 0.406 e. The maximum absolute atomic E-state index is 12.2. The van der Waals surface area contributed by atoms with Gasteiger partial charge in [-0.05, 0) is 12.1 Å². The molecule has 2 aromatic rings. The van der Waals surface area contributed by atoms with Crippen molar-refractivity contribution in [3.8, 4) is 5.75 Å². The van der Waals surface area contributed by atoms with Gasteiger partial charge in [-0.25, -0.2) is 4.98 Å². The molecule has 0 aliphatic carbocycles. The molecule has 0 aliphatic rings. The second-order valence-electron chi connectivity index (χ2n) is 4.23. The van der Waals surface area contributed by atoms with Crippen molar-refractivity contribution < 1.29 is 27.5 Å². The molecule has 2 amide bonds. The lowest BCUT2D eigenvalue weighted by molar-refractivity contribution is -0.274. The topological polar surface area (TPSA) is 106 Å². The van der Waals surface area contributed by atoms with E-state index in [9.17, 15) is 22.8 Å². The van der Waals surface area contributed by atoms with Gasteiger partial charge in [0.05, 0.1) is 23.3 Å². The van der Waals surface area contributed by atoms with Crippen molar-refractivity contribution in [2.45, 2.75) is 6.36 Å². The van der Waals surface area contributed by atoms with Crippen molar-refractivity contribution in [1.29, 1.82) is 0 Å². The summed E-state index contributed by atoms with van der Waals surface area (Å²) in [6.07, 6.45) is -4.78. The quantitative estimate of drug-likeness (QED) is 0.753. The molecule has 2 rings (SSSR count). The van der Waals surface area contributed by atoms with Crippen LogP contribution in [0.15, 0.2) is 18.2 Å². The summed E-state index contributed by atoms with van der Waals surface area (Å²) in [5.74, 6) is -1.39. The van der Waals surface area contributed by atoms with E-state index in [-0.39, 0.29) is 24.0 Å². The number of hydrogen-bond acceptors (Lipinski definition) is 6. The summed E-state index contributed by atoms with van der Waals surface area (Å²) in [7, 11) is 0. The minimum atomic E-state index is -4.78. The van der Waals surface area contributed by atoms with Gasteiger partial charge >= 0.3 is 6.36 Å². The Morgan fingerprint density at radius 1 is 1.30 bits per heavy atom.